The van der Waals surface area contributed by atoms with Crippen LogP contribution >= 0.6 is 15.9 Å². The highest BCUT2D eigenvalue weighted by Gasteiger charge is 2.16. The molecule has 0 bridgehead atoms. The van der Waals surface area contributed by atoms with Crippen LogP contribution in [0.1, 0.15) is 24.5 Å². The maximum Gasteiger partial charge on any atom is 0.171 e. The van der Waals surface area contributed by atoms with Crippen molar-refractivity contribution in [3.05, 3.63) is 34.3 Å². The standard InChI is InChI=1S/C14H16BrN3O2/c1-19-10-5-6-12(11(15)8-10)20-9-14-17-16-13-4-2-3-7-18(13)14/h5-6,8H,2-4,7,9H2,1H3. The van der Waals surface area contributed by atoms with E-state index in [0.29, 0.717) is 6.61 Å². The fourth-order valence-corrected chi connectivity index (χ4v) is 2.82. The van der Waals surface area contributed by atoms with Gasteiger partial charge in [0.05, 0.1) is 11.6 Å². The highest BCUT2D eigenvalue weighted by Crippen LogP contribution is 2.29. The van der Waals surface area contributed by atoms with Crippen LogP contribution in [0, 0.1) is 0 Å². The van der Waals surface area contributed by atoms with E-state index in [1.807, 2.05) is 18.2 Å². The average molecular weight is 338 g/mol. The monoisotopic (exact) mass is 337 g/mol. The highest BCUT2D eigenvalue weighted by molar-refractivity contribution is 9.10. The summed E-state index contributed by atoms with van der Waals surface area (Å²) in [5.74, 6) is 3.54. The number of methoxy groups -OCH3 is 1. The van der Waals surface area contributed by atoms with E-state index in [1.54, 1.807) is 7.11 Å². The second-order valence-electron chi connectivity index (χ2n) is 4.73. The molecule has 2 heterocycles. The molecular formula is C14H16BrN3O2. The van der Waals surface area contributed by atoms with Crippen molar-refractivity contribution in [2.24, 2.45) is 0 Å². The van der Waals surface area contributed by atoms with E-state index in [9.17, 15) is 0 Å². The molecule has 0 N–H and O–H groups in total. The first-order valence-corrected chi connectivity index (χ1v) is 7.44. The minimum Gasteiger partial charge on any atom is -0.497 e. The zero-order valence-electron chi connectivity index (χ0n) is 11.3. The van der Waals surface area contributed by atoms with Crippen molar-refractivity contribution in [1.82, 2.24) is 14.8 Å². The van der Waals surface area contributed by atoms with Gasteiger partial charge in [-0.1, -0.05) is 0 Å². The second kappa shape index (κ2) is 5.83. The summed E-state index contributed by atoms with van der Waals surface area (Å²) in [6.45, 7) is 1.42. The number of hydrogen-bond acceptors (Lipinski definition) is 4. The Hall–Kier alpha value is -1.56. The van der Waals surface area contributed by atoms with Crippen LogP contribution in [0.4, 0.5) is 0 Å². The van der Waals surface area contributed by atoms with Crippen LogP contribution in [-0.2, 0) is 19.6 Å². The number of halogens is 1. The molecule has 5 nitrogen and oxygen atoms in total. The molecule has 1 aromatic heterocycles. The Kier molecular flexibility index (Phi) is 3.91. The molecule has 0 amide bonds. The fraction of sp³-hybridized carbons (Fsp3) is 0.429. The zero-order valence-corrected chi connectivity index (χ0v) is 12.9. The van der Waals surface area contributed by atoms with E-state index in [4.69, 9.17) is 9.47 Å². The summed E-state index contributed by atoms with van der Waals surface area (Å²) in [5, 5.41) is 8.44. The van der Waals surface area contributed by atoms with Gasteiger partial charge in [-0.2, -0.15) is 0 Å². The van der Waals surface area contributed by atoms with Crippen LogP contribution in [0.5, 0.6) is 11.5 Å². The smallest absolute Gasteiger partial charge is 0.171 e. The molecule has 1 aliphatic rings. The molecule has 0 atom stereocenters. The lowest BCUT2D eigenvalue weighted by Gasteiger charge is -2.15. The molecule has 1 aromatic carbocycles. The van der Waals surface area contributed by atoms with Crippen molar-refractivity contribution in [2.75, 3.05) is 7.11 Å². The Labute approximate surface area is 126 Å². The molecule has 0 saturated carbocycles. The lowest BCUT2D eigenvalue weighted by molar-refractivity contribution is 0.284. The number of fused-ring (bicyclic) bond motifs is 1. The highest BCUT2D eigenvalue weighted by atomic mass is 79.9. The number of rotatable bonds is 4. The topological polar surface area (TPSA) is 49.2 Å². The maximum absolute atomic E-state index is 5.82. The fourth-order valence-electron chi connectivity index (χ4n) is 2.34. The van der Waals surface area contributed by atoms with Gasteiger partial charge in [-0.15, -0.1) is 10.2 Å². The van der Waals surface area contributed by atoms with Crippen LogP contribution in [0.15, 0.2) is 22.7 Å². The minimum atomic E-state index is 0.429. The third-order valence-electron chi connectivity index (χ3n) is 3.43. The van der Waals surface area contributed by atoms with E-state index in [2.05, 4.69) is 30.7 Å². The SMILES string of the molecule is COc1ccc(OCc2nnc3n2CCCC3)c(Br)c1. The molecule has 0 saturated heterocycles. The van der Waals surface area contributed by atoms with Crippen molar-refractivity contribution in [2.45, 2.75) is 32.4 Å². The molecule has 6 heteroatoms. The zero-order chi connectivity index (χ0) is 13.9. The lowest BCUT2D eigenvalue weighted by Crippen LogP contribution is -2.14. The molecule has 0 spiro atoms. The number of nitrogens with zero attached hydrogens (tertiary/aromatic N) is 3. The lowest BCUT2D eigenvalue weighted by atomic mass is 10.2. The van der Waals surface area contributed by atoms with E-state index in [1.165, 1.54) is 12.8 Å². The molecule has 2 aromatic rings. The van der Waals surface area contributed by atoms with Gasteiger partial charge >= 0.3 is 0 Å². The third kappa shape index (κ3) is 2.65. The van der Waals surface area contributed by atoms with Crippen LogP contribution in [-0.4, -0.2) is 21.9 Å². The summed E-state index contributed by atoms with van der Waals surface area (Å²) in [5.41, 5.74) is 0. The van der Waals surface area contributed by atoms with Crippen LogP contribution in [0.25, 0.3) is 0 Å². The molecule has 1 aliphatic heterocycles. The van der Waals surface area contributed by atoms with Crippen LogP contribution in [0.2, 0.25) is 0 Å². The van der Waals surface area contributed by atoms with Gasteiger partial charge in [-0.25, -0.2) is 0 Å². The number of benzene rings is 1. The molecule has 0 fully saturated rings. The summed E-state index contributed by atoms with van der Waals surface area (Å²) in [7, 11) is 1.64. The van der Waals surface area contributed by atoms with E-state index < -0.39 is 0 Å². The molecule has 0 unspecified atom stereocenters. The Balaban J connectivity index is 1.72. The van der Waals surface area contributed by atoms with Crippen molar-refractivity contribution >= 4 is 15.9 Å². The quantitative estimate of drug-likeness (QED) is 0.860. The Morgan fingerprint density at radius 2 is 2.20 bits per heavy atom. The van der Waals surface area contributed by atoms with Gasteiger partial charge < -0.3 is 14.0 Å². The second-order valence-corrected chi connectivity index (χ2v) is 5.58. The molecule has 20 heavy (non-hydrogen) atoms. The van der Waals surface area contributed by atoms with E-state index in [-0.39, 0.29) is 0 Å². The molecule has 106 valence electrons. The summed E-state index contributed by atoms with van der Waals surface area (Å²) >= 11 is 3.48. The van der Waals surface area contributed by atoms with Gasteiger partial charge in [0.1, 0.15) is 23.9 Å². The van der Waals surface area contributed by atoms with Crippen molar-refractivity contribution in [3.8, 4) is 11.5 Å². The Bertz CT molecular complexity index is 612. The van der Waals surface area contributed by atoms with E-state index >= 15 is 0 Å². The van der Waals surface area contributed by atoms with Gasteiger partial charge in [0.2, 0.25) is 0 Å². The summed E-state index contributed by atoms with van der Waals surface area (Å²) in [4.78, 5) is 0. The van der Waals surface area contributed by atoms with Crippen molar-refractivity contribution < 1.29 is 9.47 Å². The van der Waals surface area contributed by atoms with Crippen molar-refractivity contribution in [3.63, 3.8) is 0 Å². The number of aryl methyl sites for hydroxylation is 1. The summed E-state index contributed by atoms with van der Waals surface area (Å²) in [6.07, 6.45) is 3.40. The number of hydrogen-bond donors (Lipinski definition) is 0. The van der Waals surface area contributed by atoms with Gasteiger partial charge in [-0.3, -0.25) is 0 Å². The Morgan fingerprint density at radius 1 is 1.30 bits per heavy atom. The Morgan fingerprint density at radius 3 is 3.00 bits per heavy atom. The van der Waals surface area contributed by atoms with Crippen molar-refractivity contribution in [1.29, 1.82) is 0 Å². The van der Waals surface area contributed by atoms with Crippen LogP contribution < -0.4 is 9.47 Å². The summed E-state index contributed by atoms with van der Waals surface area (Å²) < 4.78 is 14.0. The normalized spacial score (nSPS) is 13.9. The largest absolute Gasteiger partial charge is 0.497 e. The predicted molar refractivity (Wildman–Crippen MR) is 78.0 cm³/mol. The average Bonchev–Trinajstić information content (AvgIpc) is 2.89. The van der Waals surface area contributed by atoms with Gasteiger partial charge in [-0.05, 0) is 47.0 Å². The third-order valence-corrected chi connectivity index (χ3v) is 4.05. The summed E-state index contributed by atoms with van der Waals surface area (Å²) in [6, 6.07) is 5.64. The maximum atomic E-state index is 5.82. The molecule has 0 radical (unpaired) electrons. The number of aromatic nitrogens is 3. The molecular weight excluding hydrogens is 322 g/mol. The number of ether oxygens (including phenoxy) is 2. The molecule has 3 rings (SSSR count). The van der Waals surface area contributed by atoms with Gasteiger partial charge in [0, 0.05) is 13.0 Å². The van der Waals surface area contributed by atoms with E-state index in [0.717, 1.165) is 40.6 Å². The van der Waals surface area contributed by atoms with Gasteiger partial charge in [0.25, 0.3) is 0 Å². The molecule has 0 aliphatic carbocycles. The van der Waals surface area contributed by atoms with Crippen LogP contribution in [0.3, 0.4) is 0 Å². The minimum absolute atomic E-state index is 0.429. The van der Waals surface area contributed by atoms with Gasteiger partial charge in [0.15, 0.2) is 5.82 Å². The predicted octanol–water partition coefficient (Wildman–Crippen LogP) is 2.96. The first-order valence-electron chi connectivity index (χ1n) is 6.65. The first-order chi connectivity index (χ1) is 9.78. The first kappa shape index (κ1) is 13.4.